The molecule has 614 valence electrons. The Balaban J connectivity index is 1.05. The Hall–Kier alpha value is -3.19. The number of carbonyl (C=O) groups is 3. The molecule has 0 bridgehead atoms. The summed E-state index contributed by atoms with van der Waals surface area (Å²) >= 11 is 0. The molecular formula is C60H101N3O43. The Morgan fingerprint density at radius 1 is 0.245 bits per heavy atom. The highest BCUT2D eigenvalue weighted by atomic mass is 16.8. The summed E-state index contributed by atoms with van der Waals surface area (Å²) in [5, 5.41) is 262. The Kier molecular flexibility index (Phi) is 30.4. The van der Waals surface area contributed by atoms with Crippen molar-refractivity contribution in [2.24, 2.45) is 0 Å². The zero-order chi connectivity index (χ0) is 78.1. The Labute approximate surface area is 602 Å². The second-order valence-electron chi connectivity index (χ2n) is 27.3. The van der Waals surface area contributed by atoms with Gasteiger partial charge in [0.2, 0.25) is 17.7 Å². The molecule has 0 aromatic rings. The van der Waals surface area contributed by atoms with Gasteiger partial charge in [0, 0.05) is 20.8 Å². The van der Waals surface area contributed by atoms with Crippen molar-refractivity contribution in [2.45, 2.75) is 318 Å². The van der Waals surface area contributed by atoms with Gasteiger partial charge in [-0.15, -0.1) is 0 Å². The Morgan fingerprint density at radius 2 is 0.472 bits per heavy atom. The minimum atomic E-state index is -2.47. The van der Waals surface area contributed by atoms with Crippen molar-refractivity contribution in [1.29, 1.82) is 0 Å². The molecule has 9 rings (SSSR count). The molecule has 0 unspecified atom stereocenters. The van der Waals surface area contributed by atoms with E-state index in [1.807, 2.05) is 0 Å². The SMILES string of the molecule is CC(=O)N[C@@H]1[C@@H](O[C@@H]2O[C@@H](C)[C@@H](O)[C@@H](O)[C@@H]2O)[C@H](O[C@@H]2O[C@H](CO)[C@H](O)[C@H](O[C@@H]3O[C@H](CO)[C@@H](O[C@@H]4O[C@H](CO)[C@H](O)[C@H](O[C@@H]5O[C@H](CO)[C@@H](O[C@@H]6O[C@H](CO)[C@H](O)[C@H](O)[C@H]6O)[C@H](O[C@@H]6O[C@@H](C)[C@@H](O)[C@@H](O)[C@@H]6O)[C@H]5NC(C)=O)[C@H]4O)[C@H](O[C@@H]4O[C@@H](C)[C@@H](O)[C@@H](O)[C@@H]4O)[C@H]3NC(C)=O)[C@H]2O)[C@@H](CO)O[C@H]1O. The van der Waals surface area contributed by atoms with Gasteiger partial charge in [-0.05, 0) is 20.8 Å². The van der Waals surface area contributed by atoms with Gasteiger partial charge in [-0.2, -0.15) is 0 Å². The van der Waals surface area contributed by atoms with Crippen LogP contribution in [0.15, 0.2) is 0 Å². The van der Waals surface area contributed by atoms with E-state index in [1.165, 1.54) is 20.8 Å². The van der Waals surface area contributed by atoms with Gasteiger partial charge in [0.25, 0.3) is 0 Å². The summed E-state index contributed by atoms with van der Waals surface area (Å²) < 4.78 is 102. The van der Waals surface area contributed by atoms with Crippen LogP contribution >= 0.6 is 0 Å². The first-order chi connectivity index (χ1) is 50.0. The minimum absolute atomic E-state index is 0.832. The molecule has 0 spiro atoms. The van der Waals surface area contributed by atoms with Crippen LogP contribution in [-0.2, 0) is 94.9 Å². The van der Waals surface area contributed by atoms with E-state index in [4.69, 9.17) is 80.5 Å². The fraction of sp³-hybridized carbons (Fsp3) is 0.950. The van der Waals surface area contributed by atoms with E-state index in [2.05, 4.69) is 16.0 Å². The van der Waals surface area contributed by atoms with Gasteiger partial charge in [-0.1, -0.05) is 0 Å². The molecule has 45 atom stereocenters. The maximum Gasteiger partial charge on any atom is 0.217 e. The molecule has 9 aliphatic rings. The predicted octanol–water partition coefficient (Wildman–Crippen LogP) is -17.1. The molecule has 26 N–H and O–H groups in total. The van der Waals surface area contributed by atoms with Crippen LogP contribution in [0.25, 0.3) is 0 Å². The monoisotopic (exact) mass is 1550 g/mol. The fourth-order valence-electron chi connectivity index (χ4n) is 14.0. The molecule has 46 heteroatoms. The highest BCUT2D eigenvalue weighted by molar-refractivity contribution is 5.74. The first kappa shape index (κ1) is 86.8. The van der Waals surface area contributed by atoms with E-state index < -0.39 is 334 Å². The van der Waals surface area contributed by atoms with E-state index in [1.54, 1.807) is 0 Å². The minimum Gasteiger partial charge on any atom is -0.394 e. The van der Waals surface area contributed by atoms with E-state index >= 15 is 0 Å². The summed E-state index contributed by atoms with van der Waals surface area (Å²) in [7, 11) is 0. The Bertz CT molecular complexity index is 2790. The molecule has 9 heterocycles. The Morgan fingerprint density at radius 3 is 0.774 bits per heavy atom. The second-order valence-corrected chi connectivity index (χ2v) is 27.3. The maximum absolute atomic E-state index is 13.6. The third-order valence-corrected chi connectivity index (χ3v) is 19.9. The van der Waals surface area contributed by atoms with Crippen molar-refractivity contribution in [3.05, 3.63) is 0 Å². The van der Waals surface area contributed by atoms with Gasteiger partial charge in [0.15, 0.2) is 56.6 Å². The van der Waals surface area contributed by atoms with Gasteiger partial charge < -0.3 is 214 Å². The van der Waals surface area contributed by atoms with Crippen LogP contribution in [-0.4, -0.2) is 451 Å². The van der Waals surface area contributed by atoms with Crippen molar-refractivity contribution in [3.63, 3.8) is 0 Å². The molecular weight excluding hydrogens is 1450 g/mol. The third-order valence-electron chi connectivity index (χ3n) is 19.9. The molecule has 0 radical (unpaired) electrons. The lowest BCUT2D eigenvalue weighted by atomic mass is 9.93. The van der Waals surface area contributed by atoms with Gasteiger partial charge >= 0.3 is 0 Å². The van der Waals surface area contributed by atoms with Gasteiger partial charge in [-0.25, -0.2) is 0 Å². The predicted molar refractivity (Wildman–Crippen MR) is 328 cm³/mol. The number of nitrogens with one attached hydrogen (secondary N) is 3. The van der Waals surface area contributed by atoms with Crippen molar-refractivity contribution in [1.82, 2.24) is 16.0 Å². The molecule has 3 amide bonds. The smallest absolute Gasteiger partial charge is 0.217 e. The van der Waals surface area contributed by atoms with Crippen LogP contribution in [0.2, 0.25) is 0 Å². The summed E-state index contributed by atoms with van der Waals surface area (Å²) in [6.45, 7) is -0.0902. The molecule has 9 saturated heterocycles. The number of hydrogen-bond donors (Lipinski definition) is 26. The van der Waals surface area contributed by atoms with Crippen molar-refractivity contribution in [3.8, 4) is 0 Å². The maximum atomic E-state index is 13.6. The zero-order valence-electron chi connectivity index (χ0n) is 57.7. The van der Waals surface area contributed by atoms with E-state index in [9.17, 15) is 132 Å². The summed E-state index contributed by atoms with van der Waals surface area (Å²) in [6, 6.07) is -5.72. The van der Waals surface area contributed by atoms with Crippen molar-refractivity contribution < 1.29 is 212 Å². The highest BCUT2D eigenvalue weighted by Crippen LogP contribution is 2.41. The van der Waals surface area contributed by atoms with Gasteiger partial charge in [0.1, 0.15) is 201 Å². The van der Waals surface area contributed by atoms with Crippen LogP contribution in [0.4, 0.5) is 0 Å². The second kappa shape index (κ2) is 37.2. The molecule has 46 nitrogen and oxygen atoms in total. The number of rotatable bonds is 25. The quantitative estimate of drug-likeness (QED) is 0.0404. The lowest BCUT2D eigenvalue weighted by molar-refractivity contribution is -0.400. The van der Waals surface area contributed by atoms with E-state index in [-0.39, 0.29) is 0 Å². The molecule has 0 saturated carbocycles. The van der Waals surface area contributed by atoms with Gasteiger partial charge in [0.05, 0.1) is 58.0 Å². The number of carbonyl (C=O) groups excluding carboxylic acids is 3. The lowest BCUT2D eigenvalue weighted by Crippen LogP contribution is -2.72. The summed E-state index contributed by atoms with van der Waals surface area (Å²) in [6.07, 6.45) is -83.7. The zero-order valence-corrected chi connectivity index (χ0v) is 57.7. The first-order valence-electron chi connectivity index (χ1n) is 34.2. The molecule has 0 aromatic carbocycles. The van der Waals surface area contributed by atoms with Crippen LogP contribution < -0.4 is 16.0 Å². The van der Waals surface area contributed by atoms with Crippen LogP contribution in [0.1, 0.15) is 41.5 Å². The van der Waals surface area contributed by atoms with E-state index in [0.29, 0.717) is 0 Å². The number of amides is 3. The molecule has 9 fully saturated rings. The molecule has 9 aliphatic heterocycles. The van der Waals surface area contributed by atoms with Crippen molar-refractivity contribution >= 4 is 17.7 Å². The average molecular weight is 1550 g/mol. The topological polar surface area (TPSA) is 710 Å². The summed E-state index contributed by atoms with van der Waals surface area (Å²) in [4.78, 5) is 39.5. The number of aliphatic hydroxyl groups is 23. The summed E-state index contributed by atoms with van der Waals surface area (Å²) in [5.41, 5.74) is 0. The number of aliphatic hydroxyl groups excluding tert-OH is 23. The first-order valence-corrected chi connectivity index (χ1v) is 34.2. The van der Waals surface area contributed by atoms with Gasteiger partial charge in [-0.3, -0.25) is 14.4 Å². The lowest BCUT2D eigenvalue weighted by Gasteiger charge is -2.53. The number of hydrogen-bond acceptors (Lipinski definition) is 43. The largest absolute Gasteiger partial charge is 0.394 e. The fourth-order valence-corrected chi connectivity index (χ4v) is 14.0. The van der Waals surface area contributed by atoms with Crippen LogP contribution in [0.3, 0.4) is 0 Å². The standard InChI is InChI=1S/C60H101N3O43/c1-13-28(73)34(79)38(83)55(90-13)102-47-25(61-16(4)70)52(89)93-22(10-67)44(47)100-59-42(87)50(32(77)20(8-65)95-59)105-54-27(63-18(6)72)49(104-57-40(85)36(81)30(75)15(3)92-57)46(24(12-69)98-54)101-60-43(88)51(33(78)21(9-66)96-60)106-53-26(62-17(5)71)48(103-56-39(84)35(80)29(74)14(2)91-56)45(23(11-68)97-53)99-58-41(86)37(82)31(76)19(7-64)94-58/h13-15,19-60,64-69,73-89H,7-12H2,1-6H3,(H,61,70)(H,62,71)(H,63,72)/t13-,14-,15-,19+,20+,21+,22+,23+,24+,25+,26+,27+,28+,29+,30+,31-,32-,33-,34+,35+,36+,37-,38-,39-,40-,41+,42+,43+,44+,45+,46+,47+,48+,49+,50-,51-,52+,53-,54-,55-,56-,57-,58-,59-,60-/m0/s1. The molecule has 106 heavy (non-hydrogen) atoms. The average Bonchev–Trinajstić information content (AvgIpc) is 0.763. The molecule has 0 aliphatic carbocycles. The number of ether oxygens (including phenoxy) is 17. The third kappa shape index (κ3) is 18.5. The highest BCUT2D eigenvalue weighted by Gasteiger charge is 2.62. The molecule has 0 aromatic heterocycles. The van der Waals surface area contributed by atoms with Crippen LogP contribution in [0.5, 0.6) is 0 Å². The summed E-state index contributed by atoms with van der Waals surface area (Å²) in [5.74, 6) is -2.80. The van der Waals surface area contributed by atoms with Crippen LogP contribution in [0, 0.1) is 0 Å². The van der Waals surface area contributed by atoms with Crippen molar-refractivity contribution in [2.75, 3.05) is 39.6 Å². The normalized spacial score (nSPS) is 51.1. The van der Waals surface area contributed by atoms with E-state index in [0.717, 1.165) is 20.8 Å².